The van der Waals surface area contributed by atoms with Gasteiger partial charge in [-0.05, 0) is 44.4 Å². The Hall–Kier alpha value is -0.790. The van der Waals surface area contributed by atoms with E-state index in [-0.39, 0.29) is 11.6 Å². The Kier molecular flexibility index (Phi) is 2.85. The highest BCUT2D eigenvalue weighted by Gasteiger charge is 2.47. The number of allylic oxidation sites excluding steroid dienone is 2. The van der Waals surface area contributed by atoms with Gasteiger partial charge in [0, 0.05) is 12.8 Å². The predicted molar refractivity (Wildman–Crippen MR) is 63.9 cm³/mol. The summed E-state index contributed by atoms with van der Waals surface area (Å²) in [6, 6.07) is 0. The van der Waals surface area contributed by atoms with E-state index in [1.807, 2.05) is 0 Å². The zero-order valence-corrected chi connectivity index (χ0v) is 10.7. The fraction of sp³-hybridized carbons (Fsp3) is 0.786. The molecule has 0 amide bonds. The number of esters is 1. The summed E-state index contributed by atoms with van der Waals surface area (Å²) in [7, 11) is 0. The van der Waals surface area contributed by atoms with Crippen molar-refractivity contribution in [1.29, 1.82) is 0 Å². The van der Waals surface area contributed by atoms with Crippen molar-refractivity contribution in [1.82, 2.24) is 0 Å². The van der Waals surface area contributed by atoms with Gasteiger partial charge in [-0.3, -0.25) is 4.79 Å². The molecule has 2 bridgehead atoms. The topological polar surface area (TPSA) is 26.3 Å². The Balaban J connectivity index is 2.20. The number of hydrogen-bond donors (Lipinski definition) is 0. The third kappa shape index (κ3) is 1.90. The fourth-order valence-corrected chi connectivity index (χ4v) is 3.84. The molecule has 0 aromatic carbocycles. The summed E-state index contributed by atoms with van der Waals surface area (Å²) >= 11 is 0. The van der Waals surface area contributed by atoms with Crippen LogP contribution in [-0.2, 0) is 9.53 Å². The van der Waals surface area contributed by atoms with Crippen LogP contribution in [0, 0.1) is 23.7 Å². The van der Waals surface area contributed by atoms with Gasteiger partial charge in [0.1, 0.15) is 5.60 Å². The molecular weight excluding hydrogens is 200 g/mol. The van der Waals surface area contributed by atoms with Crippen LogP contribution in [0.2, 0.25) is 0 Å². The average Bonchev–Trinajstić information content (AvgIpc) is 2.16. The maximum Gasteiger partial charge on any atom is 0.303 e. The molecule has 1 saturated carbocycles. The van der Waals surface area contributed by atoms with Crippen molar-refractivity contribution in [2.24, 2.45) is 23.7 Å². The van der Waals surface area contributed by atoms with Gasteiger partial charge in [-0.25, -0.2) is 0 Å². The molecule has 0 N–H and O–H groups in total. The van der Waals surface area contributed by atoms with E-state index in [0.717, 1.165) is 0 Å². The SMILES string of the molecule is CC(=O)OC(C)(C)C1C2C=CC(CC2)C1C. The molecule has 90 valence electrons. The van der Waals surface area contributed by atoms with Crippen LogP contribution >= 0.6 is 0 Å². The lowest BCUT2D eigenvalue weighted by molar-refractivity contribution is -0.166. The first-order chi connectivity index (χ1) is 7.42. The predicted octanol–water partition coefficient (Wildman–Crippen LogP) is 3.18. The van der Waals surface area contributed by atoms with Gasteiger partial charge in [-0.1, -0.05) is 19.1 Å². The van der Waals surface area contributed by atoms with E-state index in [2.05, 4.69) is 32.9 Å². The first-order valence-corrected chi connectivity index (χ1v) is 6.29. The Morgan fingerprint density at radius 3 is 2.25 bits per heavy atom. The number of rotatable bonds is 2. The molecule has 4 atom stereocenters. The Morgan fingerprint density at radius 1 is 1.25 bits per heavy atom. The van der Waals surface area contributed by atoms with E-state index in [0.29, 0.717) is 23.7 Å². The minimum Gasteiger partial charge on any atom is -0.460 e. The summed E-state index contributed by atoms with van der Waals surface area (Å²) in [5.74, 6) is 2.21. The summed E-state index contributed by atoms with van der Waals surface area (Å²) in [5, 5.41) is 0. The van der Waals surface area contributed by atoms with Gasteiger partial charge in [0.15, 0.2) is 0 Å². The second-order valence-electron chi connectivity index (χ2n) is 5.87. The molecule has 0 spiro atoms. The van der Waals surface area contributed by atoms with Crippen molar-refractivity contribution in [2.45, 2.75) is 46.1 Å². The van der Waals surface area contributed by atoms with Crippen molar-refractivity contribution in [3.05, 3.63) is 12.2 Å². The van der Waals surface area contributed by atoms with Crippen molar-refractivity contribution in [3.8, 4) is 0 Å². The van der Waals surface area contributed by atoms with Gasteiger partial charge >= 0.3 is 5.97 Å². The minimum atomic E-state index is -0.334. The van der Waals surface area contributed by atoms with Crippen LogP contribution in [-0.4, -0.2) is 11.6 Å². The second kappa shape index (κ2) is 3.90. The molecule has 3 rings (SSSR count). The highest BCUT2D eigenvalue weighted by atomic mass is 16.6. The van der Waals surface area contributed by atoms with Crippen molar-refractivity contribution >= 4 is 5.97 Å². The summed E-state index contributed by atoms with van der Waals surface area (Å²) in [6.45, 7) is 7.92. The molecule has 2 heteroatoms. The normalized spacial score (nSPS) is 37.5. The summed E-state index contributed by atoms with van der Waals surface area (Å²) in [4.78, 5) is 11.2. The van der Waals surface area contributed by atoms with Gasteiger partial charge in [-0.15, -0.1) is 0 Å². The number of fused-ring (bicyclic) bond motifs is 2. The van der Waals surface area contributed by atoms with Crippen molar-refractivity contribution in [2.75, 3.05) is 0 Å². The van der Waals surface area contributed by atoms with Crippen LogP contribution in [0.4, 0.5) is 0 Å². The average molecular weight is 222 g/mol. The van der Waals surface area contributed by atoms with Gasteiger partial charge in [-0.2, -0.15) is 0 Å². The summed E-state index contributed by atoms with van der Waals surface area (Å²) in [6.07, 6.45) is 7.25. The molecule has 2 nitrogen and oxygen atoms in total. The van der Waals surface area contributed by atoms with Crippen LogP contribution in [0.5, 0.6) is 0 Å². The second-order valence-corrected chi connectivity index (χ2v) is 5.87. The number of ether oxygens (including phenoxy) is 1. The molecule has 0 aromatic heterocycles. The van der Waals surface area contributed by atoms with Gasteiger partial charge in [0.2, 0.25) is 0 Å². The Bertz CT molecular complexity index is 317. The van der Waals surface area contributed by atoms with Gasteiger partial charge in [0.25, 0.3) is 0 Å². The van der Waals surface area contributed by atoms with E-state index in [9.17, 15) is 4.79 Å². The van der Waals surface area contributed by atoms with Crippen LogP contribution < -0.4 is 0 Å². The smallest absolute Gasteiger partial charge is 0.303 e. The maximum atomic E-state index is 11.2. The largest absolute Gasteiger partial charge is 0.460 e. The molecule has 0 radical (unpaired) electrons. The molecule has 4 unspecified atom stereocenters. The highest BCUT2D eigenvalue weighted by molar-refractivity contribution is 5.66. The standard InChI is InChI=1S/C14H22O2/c1-9-11-5-7-12(8-6-11)13(9)14(3,4)16-10(2)15/h5,7,9,11-13H,6,8H2,1-4H3. The number of carbonyl (C=O) groups is 1. The maximum absolute atomic E-state index is 11.2. The lowest BCUT2D eigenvalue weighted by atomic mass is 9.58. The van der Waals surface area contributed by atoms with E-state index < -0.39 is 0 Å². The van der Waals surface area contributed by atoms with E-state index in [4.69, 9.17) is 4.74 Å². The molecule has 3 aliphatic rings. The Labute approximate surface area is 98.1 Å². The first kappa shape index (κ1) is 11.7. The molecular formula is C14H22O2. The lowest BCUT2D eigenvalue weighted by Gasteiger charge is -2.49. The molecule has 16 heavy (non-hydrogen) atoms. The molecule has 0 aliphatic heterocycles. The Morgan fingerprint density at radius 2 is 1.81 bits per heavy atom. The van der Waals surface area contributed by atoms with Gasteiger partial charge < -0.3 is 4.74 Å². The third-order valence-corrected chi connectivity index (χ3v) is 4.35. The zero-order valence-electron chi connectivity index (χ0n) is 10.7. The fourth-order valence-electron chi connectivity index (χ4n) is 3.84. The van der Waals surface area contributed by atoms with E-state index in [1.54, 1.807) is 0 Å². The number of hydrogen-bond acceptors (Lipinski definition) is 2. The van der Waals surface area contributed by atoms with E-state index >= 15 is 0 Å². The first-order valence-electron chi connectivity index (χ1n) is 6.29. The van der Waals surface area contributed by atoms with Crippen LogP contribution in [0.1, 0.15) is 40.5 Å². The summed E-state index contributed by atoms with van der Waals surface area (Å²) in [5.41, 5.74) is -0.334. The van der Waals surface area contributed by atoms with Crippen LogP contribution in [0.25, 0.3) is 0 Å². The quantitative estimate of drug-likeness (QED) is 0.530. The lowest BCUT2D eigenvalue weighted by Crippen LogP contribution is -2.49. The summed E-state index contributed by atoms with van der Waals surface area (Å²) < 4.78 is 5.53. The minimum absolute atomic E-state index is 0.164. The highest BCUT2D eigenvalue weighted by Crippen LogP contribution is 2.49. The molecule has 1 fully saturated rings. The van der Waals surface area contributed by atoms with Crippen LogP contribution in [0.15, 0.2) is 12.2 Å². The van der Waals surface area contributed by atoms with Crippen molar-refractivity contribution < 1.29 is 9.53 Å². The monoisotopic (exact) mass is 222 g/mol. The van der Waals surface area contributed by atoms with Crippen molar-refractivity contribution in [3.63, 3.8) is 0 Å². The third-order valence-electron chi connectivity index (χ3n) is 4.35. The molecule has 0 aromatic rings. The van der Waals surface area contributed by atoms with E-state index in [1.165, 1.54) is 19.8 Å². The van der Waals surface area contributed by atoms with Crippen LogP contribution in [0.3, 0.4) is 0 Å². The molecule has 0 saturated heterocycles. The number of carbonyl (C=O) groups excluding carboxylic acids is 1. The van der Waals surface area contributed by atoms with Gasteiger partial charge in [0.05, 0.1) is 0 Å². The molecule has 3 aliphatic carbocycles. The molecule has 0 heterocycles. The zero-order chi connectivity index (χ0) is 11.9.